The summed E-state index contributed by atoms with van der Waals surface area (Å²) in [6.45, 7) is -0.214. The summed E-state index contributed by atoms with van der Waals surface area (Å²) in [6.07, 6.45) is 2.04. The molecule has 0 spiro atoms. The molecule has 0 aliphatic heterocycles. The molecule has 0 aliphatic carbocycles. The first-order valence-corrected chi connectivity index (χ1v) is 9.78. The number of aromatic nitrogens is 1. The predicted octanol–water partition coefficient (Wildman–Crippen LogP) is 2.38. The highest BCUT2D eigenvalue weighted by Gasteiger charge is 2.11. The number of hydrogen-bond donors (Lipinski definition) is 2. The lowest BCUT2D eigenvalue weighted by atomic mass is 10.0. The molecule has 1 heterocycles. The topological polar surface area (TPSA) is 94.9 Å². The Hall–Kier alpha value is -3.24. The van der Waals surface area contributed by atoms with Crippen LogP contribution in [-0.2, 0) is 28.9 Å². The molecule has 0 saturated heterocycles. The fourth-order valence-corrected chi connectivity index (χ4v) is 3.71. The number of nitrogens with one attached hydrogen (secondary N) is 2. The van der Waals surface area contributed by atoms with Crippen LogP contribution in [0.4, 0.5) is 0 Å². The summed E-state index contributed by atoms with van der Waals surface area (Å²) in [5.41, 5.74) is 3.41. The minimum absolute atomic E-state index is 0.0703. The van der Waals surface area contributed by atoms with Crippen molar-refractivity contribution in [2.45, 2.75) is 19.3 Å². The molecule has 7 heteroatoms. The van der Waals surface area contributed by atoms with Crippen LogP contribution >= 0.6 is 11.3 Å². The summed E-state index contributed by atoms with van der Waals surface area (Å²) >= 11 is 1.48. The van der Waals surface area contributed by atoms with Gasteiger partial charge in [0.15, 0.2) is 0 Å². The number of benzene rings is 2. The highest BCUT2D eigenvalue weighted by atomic mass is 32.1. The summed E-state index contributed by atoms with van der Waals surface area (Å²) in [4.78, 5) is 28.0. The third kappa shape index (κ3) is 5.63. The van der Waals surface area contributed by atoms with Crippen molar-refractivity contribution in [3.63, 3.8) is 0 Å². The minimum atomic E-state index is -0.387. The van der Waals surface area contributed by atoms with Gasteiger partial charge in [0, 0.05) is 0 Å². The van der Waals surface area contributed by atoms with Crippen LogP contribution in [0, 0.1) is 11.3 Å². The van der Waals surface area contributed by atoms with Gasteiger partial charge in [0.1, 0.15) is 11.6 Å². The Balaban J connectivity index is 1.55. The van der Waals surface area contributed by atoms with E-state index in [1.54, 1.807) is 0 Å². The van der Waals surface area contributed by atoms with Gasteiger partial charge in [-0.05, 0) is 36.1 Å². The summed E-state index contributed by atoms with van der Waals surface area (Å²) < 4.78 is 1.04. The lowest BCUT2D eigenvalue weighted by molar-refractivity contribution is -0.125. The number of carbonyl (C=O) groups is 2. The average molecular weight is 392 g/mol. The Morgan fingerprint density at radius 2 is 1.79 bits per heavy atom. The summed E-state index contributed by atoms with van der Waals surface area (Å²) in [5.74, 6) is -0.655. The first-order valence-electron chi connectivity index (χ1n) is 8.96. The largest absolute Gasteiger partial charge is 0.347 e. The highest BCUT2D eigenvalue weighted by Crippen LogP contribution is 2.24. The zero-order valence-corrected chi connectivity index (χ0v) is 16.1. The van der Waals surface area contributed by atoms with Crippen molar-refractivity contribution in [3.05, 3.63) is 64.7 Å². The standard InChI is InChI=1S/C21H20N4O2S/c22-10-11-23-20(27)14-24-19(26)13-21-25-17-12-16(8-9-18(17)28-21)7-6-15-4-2-1-3-5-15/h1-5,8-9,12H,6-7,11,13-14H2,(H,23,27)(H,24,26). The average Bonchev–Trinajstić information content (AvgIpc) is 3.11. The van der Waals surface area contributed by atoms with E-state index in [0.717, 1.165) is 23.1 Å². The van der Waals surface area contributed by atoms with Crippen LogP contribution in [0.5, 0.6) is 0 Å². The number of hydrogen-bond acceptors (Lipinski definition) is 5. The molecule has 2 amide bonds. The maximum atomic E-state index is 12.0. The molecule has 3 aromatic rings. The zero-order valence-electron chi connectivity index (χ0n) is 15.3. The number of nitriles is 1. The van der Waals surface area contributed by atoms with Crippen molar-refractivity contribution in [2.24, 2.45) is 0 Å². The van der Waals surface area contributed by atoms with Gasteiger partial charge < -0.3 is 10.6 Å². The minimum Gasteiger partial charge on any atom is -0.347 e. The first-order chi connectivity index (χ1) is 13.6. The van der Waals surface area contributed by atoms with Gasteiger partial charge in [-0.1, -0.05) is 36.4 Å². The van der Waals surface area contributed by atoms with E-state index in [2.05, 4.69) is 39.9 Å². The Bertz CT molecular complexity index is 1010. The maximum Gasteiger partial charge on any atom is 0.240 e. The van der Waals surface area contributed by atoms with Gasteiger partial charge in [0.2, 0.25) is 11.8 Å². The van der Waals surface area contributed by atoms with Crippen molar-refractivity contribution < 1.29 is 9.59 Å². The van der Waals surface area contributed by atoms with Gasteiger partial charge in [-0.15, -0.1) is 11.3 Å². The SMILES string of the molecule is N#CCNC(=O)CNC(=O)Cc1nc2cc(CCc3ccccc3)ccc2s1. The second-order valence-corrected chi connectivity index (χ2v) is 7.40. The van der Waals surface area contributed by atoms with Gasteiger partial charge in [0.25, 0.3) is 0 Å². The maximum absolute atomic E-state index is 12.0. The second-order valence-electron chi connectivity index (χ2n) is 6.28. The zero-order chi connectivity index (χ0) is 19.8. The quantitative estimate of drug-likeness (QED) is 0.576. The van der Waals surface area contributed by atoms with E-state index < -0.39 is 0 Å². The Labute approximate surface area is 167 Å². The molecular formula is C21H20N4O2S. The summed E-state index contributed by atoms with van der Waals surface area (Å²) in [7, 11) is 0. The van der Waals surface area contributed by atoms with Crippen LogP contribution < -0.4 is 10.6 Å². The summed E-state index contributed by atoms with van der Waals surface area (Å²) in [5, 5.41) is 14.0. The van der Waals surface area contributed by atoms with Crippen molar-refractivity contribution in [2.75, 3.05) is 13.1 Å². The molecule has 0 saturated carbocycles. The number of amides is 2. The number of thiazole rings is 1. The smallest absolute Gasteiger partial charge is 0.240 e. The van der Waals surface area contributed by atoms with Crippen LogP contribution in [0.2, 0.25) is 0 Å². The van der Waals surface area contributed by atoms with Crippen molar-refractivity contribution in [3.8, 4) is 6.07 Å². The number of carbonyl (C=O) groups excluding carboxylic acids is 2. The number of rotatable bonds is 8. The number of fused-ring (bicyclic) bond motifs is 1. The molecule has 0 bridgehead atoms. The molecule has 0 fully saturated rings. The third-order valence-corrected chi connectivity index (χ3v) is 5.20. The van der Waals surface area contributed by atoms with Crippen LogP contribution in [0.25, 0.3) is 10.2 Å². The lowest BCUT2D eigenvalue weighted by Gasteiger charge is -2.03. The molecule has 28 heavy (non-hydrogen) atoms. The second kappa shape index (κ2) is 9.62. The van der Waals surface area contributed by atoms with Crippen LogP contribution in [0.3, 0.4) is 0 Å². The highest BCUT2D eigenvalue weighted by molar-refractivity contribution is 7.18. The van der Waals surface area contributed by atoms with Crippen LogP contribution in [-0.4, -0.2) is 29.9 Å². The molecule has 0 atom stereocenters. The monoisotopic (exact) mass is 392 g/mol. The fourth-order valence-electron chi connectivity index (χ4n) is 2.76. The molecule has 6 nitrogen and oxygen atoms in total. The van der Waals surface area contributed by atoms with E-state index in [1.807, 2.05) is 30.3 Å². The molecule has 0 radical (unpaired) electrons. The molecule has 3 rings (SSSR count). The fraction of sp³-hybridized carbons (Fsp3) is 0.238. The molecule has 2 N–H and O–H groups in total. The Morgan fingerprint density at radius 3 is 2.57 bits per heavy atom. The van der Waals surface area contributed by atoms with Gasteiger partial charge in [-0.3, -0.25) is 9.59 Å². The summed E-state index contributed by atoms with van der Waals surface area (Å²) in [6, 6.07) is 18.4. The van der Waals surface area contributed by atoms with Crippen molar-refractivity contribution in [1.29, 1.82) is 5.26 Å². The lowest BCUT2D eigenvalue weighted by Crippen LogP contribution is -2.37. The number of aryl methyl sites for hydroxylation is 2. The molecule has 1 aromatic heterocycles. The number of nitrogens with zero attached hydrogens (tertiary/aromatic N) is 2. The van der Waals surface area contributed by atoms with Gasteiger partial charge in [-0.25, -0.2) is 4.98 Å². The first kappa shape index (κ1) is 19.5. The van der Waals surface area contributed by atoms with E-state index in [1.165, 1.54) is 22.5 Å². The Morgan fingerprint density at radius 1 is 1.00 bits per heavy atom. The third-order valence-electron chi connectivity index (χ3n) is 4.16. The van der Waals surface area contributed by atoms with Gasteiger partial charge in [0.05, 0.1) is 29.3 Å². The van der Waals surface area contributed by atoms with Crippen LogP contribution in [0.15, 0.2) is 48.5 Å². The van der Waals surface area contributed by atoms with E-state index in [0.29, 0.717) is 5.01 Å². The predicted molar refractivity (Wildman–Crippen MR) is 109 cm³/mol. The molecule has 142 valence electrons. The molecule has 0 aliphatic rings. The van der Waals surface area contributed by atoms with E-state index in [-0.39, 0.29) is 31.3 Å². The van der Waals surface area contributed by atoms with Gasteiger partial charge >= 0.3 is 0 Å². The molecule has 0 unspecified atom stereocenters. The van der Waals surface area contributed by atoms with E-state index in [4.69, 9.17) is 5.26 Å². The van der Waals surface area contributed by atoms with Gasteiger partial charge in [-0.2, -0.15) is 5.26 Å². The molecule has 2 aromatic carbocycles. The Kier molecular flexibility index (Phi) is 6.71. The normalized spacial score (nSPS) is 10.4. The van der Waals surface area contributed by atoms with E-state index >= 15 is 0 Å². The van der Waals surface area contributed by atoms with Crippen molar-refractivity contribution >= 4 is 33.4 Å². The molecular weight excluding hydrogens is 372 g/mol. The van der Waals surface area contributed by atoms with Crippen molar-refractivity contribution in [1.82, 2.24) is 15.6 Å². The van der Waals surface area contributed by atoms with E-state index in [9.17, 15) is 9.59 Å². The van der Waals surface area contributed by atoms with Crippen LogP contribution in [0.1, 0.15) is 16.1 Å².